The molecule has 0 fully saturated rings. The van der Waals surface area contributed by atoms with E-state index in [0.29, 0.717) is 6.61 Å². The molecule has 0 bridgehead atoms. The highest BCUT2D eigenvalue weighted by atomic mass is 35.5. The van der Waals surface area contributed by atoms with Gasteiger partial charge in [-0.2, -0.15) is 13.2 Å². The summed E-state index contributed by atoms with van der Waals surface area (Å²) in [5.74, 6) is -1.20. The maximum Gasteiger partial charge on any atom is 0.416 e. The van der Waals surface area contributed by atoms with Gasteiger partial charge in [0.1, 0.15) is 0 Å². The smallest absolute Gasteiger partial charge is 0.416 e. The molecule has 0 aliphatic rings. The molecule has 2 aromatic rings. The van der Waals surface area contributed by atoms with Crippen molar-refractivity contribution in [2.24, 2.45) is 0 Å². The molecular formula is C19H17ClF3NO5. The number of hydrogen-bond acceptors (Lipinski definition) is 5. The number of rotatable bonds is 7. The summed E-state index contributed by atoms with van der Waals surface area (Å²) in [5, 5.41) is 2.35. The van der Waals surface area contributed by atoms with Crippen LogP contribution in [0.25, 0.3) is 0 Å². The second-order valence-corrected chi connectivity index (χ2v) is 6.03. The lowest BCUT2D eigenvalue weighted by Crippen LogP contribution is -2.21. The summed E-state index contributed by atoms with van der Waals surface area (Å²) in [7, 11) is 1.37. The van der Waals surface area contributed by atoms with Gasteiger partial charge in [-0.05, 0) is 37.3 Å². The Kier molecular flexibility index (Phi) is 7.33. The minimum atomic E-state index is -4.54. The number of amides is 1. The van der Waals surface area contributed by atoms with Crippen LogP contribution in [0.15, 0.2) is 36.4 Å². The maximum atomic E-state index is 12.7. The summed E-state index contributed by atoms with van der Waals surface area (Å²) in [5.41, 5.74) is -0.975. The molecule has 0 aromatic heterocycles. The van der Waals surface area contributed by atoms with E-state index >= 15 is 0 Å². The van der Waals surface area contributed by atoms with Crippen LogP contribution in [-0.2, 0) is 15.7 Å². The summed E-state index contributed by atoms with van der Waals surface area (Å²) in [4.78, 5) is 24.1. The SMILES string of the molecule is CCOc1c(Cl)cc(C(=O)OCC(=O)Nc2cccc(C(F)(F)F)c2)cc1OC. The number of methoxy groups -OCH3 is 1. The van der Waals surface area contributed by atoms with Crippen molar-refractivity contribution in [2.75, 3.05) is 25.6 Å². The van der Waals surface area contributed by atoms with E-state index in [0.717, 1.165) is 18.2 Å². The number of hydrogen-bond donors (Lipinski definition) is 1. The minimum absolute atomic E-state index is 0.0159. The lowest BCUT2D eigenvalue weighted by atomic mass is 10.2. The Morgan fingerprint density at radius 2 is 1.90 bits per heavy atom. The average Bonchev–Trinajstić information content (AvgIpc) is 2.67. The predicted molar refractivity (Wildman–Crippen MR) is 99.5 cm³/mol. The Morgan fingerprint density at radius 1 is 1.17 bits per heavy atom. The van der Waals surface area contributed by atoms with E-state index in [9.17, 15) is 22.8 Å². The molecule has 10 heteroatoms. The first-order chi connectivity index (χ1) is 13.7. The second-order valence-electron chi connectivity index (χ2n) is 5.63. The van der Waals surface area contributed by atoms with Gasteiger partial charge >= 0.3 is 12.1 Å². The molecule has 2 aromatic carbocycles. The first kappa shape index (κ1) is 22.4. The topological polar surface area (TPSA) is 73.9 Å². The van der Waals surface area contributed by atoms with Crippen molar-refractivity contribution >= 4 is 29.2 Å². The molecule has 0 aliphatic carbocycles. The molecule has 0 radical (unpaired) electrons. The Morgan fingerprint density at radius 3 is 2.52 bits per heavy atom. The van der Waals surface area contributed by atoms with Gasteiger partial charge in [0.15, 0.2) is 18.1 Å². The summed E-state index contributed by atoms with van der Waals surface area (Å²) < 4.78 is 53.5. The van der Waals surface area contributed by atoms with Crippen LogP contribution in [-0.4, -0.2) is 32.2 Å². The van der Waals surface area contributed by atoms with Crippen molar-refractivity contribution in [3.8, 4) is 11.5 Å². The third kappa shape index (κ3) is 6.02. The zero-order chi connectivity index (χ0) is 21.6. The van der Waals surface area contributed by atoms with Crippen LogP contribution in [0, 0.1) is 0 Å². The number of halogens is 4. The monoisotopic (exact) mass is 431 g/mol. The van der Waals surface area contributed by atoms with E-state index in [1.165, 1.54) is 25.3 Å². The number of benzene rings is 2. The number of carbonyl (C=O) groups is 2. The van der Waals surface area contributed by atoms with Gasteiger partial charge in [0, 0.05) is 5.69 Å². The van der Waals surface area contributed by atoms with E-state index < -0.39 is 30.2 Å². The van der Waals surface area contributed by atoms with Crippen molar-refractivity contribution in [1.82, 2.24) is 0 Å². The van der Waals surface area contributed by atoms with E-state index in [1.54, 1.807) is 6.92 Å². The Balaban J connectivity index is 2.02. The molecule has 0 atom stereocenters. The molecule has 29 heavy (non-hydrogen) atoms. The molecule has 6 nitrogen and oxygen atoms in total. The van der Waals surface area contributed by atoms with Crippen LogP contribution in [0.5, 0.6) is 11.5 Å². The number of esters is 1. The van der Waals surface area contributed by atoms with Crippen LogP contribution >= 0.6 is 11.6 Å². The van der Waals surface area contributed by atoms with Crippen LogP contribution < -0.4 is 14.8 Å². The van der Waals surface area contributed by atoms with E-state index in [4.69, 9.17) is 25.8 Å². The zero-order valence-corrected chi connectivity index (χ0v) is 16.2. The summed E-state index contributed by atoms with van der Waals surface area (Å²) >= 11 is 6.07. The molecule has 2 rings (SSSR count). The van der Waals surface area contributed by atoms with Crippen LogP contribution in [0.1, 0.15) is 22.8 Å². The molecule has 0 unspecified atom stereocenters. The van der Waals surface area contributed by atoms with Crippen molar-refractivity contribution in [1.29, 1.82) is 0 Å². The fraction of sp³-hybridized carbons (Fsp3) is 0.263. The Labute approximate surface area is 169 Å². The van der Waals surface area contributed by atoms with Crippen molar-refractivity contribution in [3.63, 3.8) is 0 Å². The fourth-order valence-electron chi connectivity index (χ4n) is 2.31. The van der Waals surface area contributed by atoms with E-state index in [1.807, 2.05) is 0 Å². The highest BCUT2D eigenvalue weighted by Crippen LogP contribution is 2.36. The highest BCUT2D eigenvalue weighted by Gasteiger charge is 2.30. The van der Waals surface area contributed by atoms with Crippen LogP contribution in [0.4, 0.5) is 18.9 Å². The van der Waals surface area contributed by atoms with Gasteiger partial charge in [0.05, 0.1) is 29.9 Å². The number of anilines is 1. The minimum Gasteiger partial charge on any atom is -0.493 e. The summed E-state index contributed by atoms with van der Waals surface area (Å²) in [6.07, 6.45) is -4.54. The Hall–Kier alpha value is -2.94. The summed E-state index contributed by atoms with van der Waals surface area (Å²) in [6.45, 7) is 1.37. The molecule has 156 valence electrons. The zero-order valence-electron chi connectivity index (χ0n) is 15.4. The van der Waals surface area contributed by atoms with E-state index in [-0.39, 0.29) is 27.8 Å². The molecule has 0 aliphatic heterocycles. The molecule has 0 heterocycles. The van der Waals surface area contributed by atoms with Crippen molar-refractivity contribution < 1.29 is 37.0 Å². The molecular weight excluding hydrogens is 415 g/mol. The third-order valence-electron chi connectivity index (χ3n) is 3.56. The molecule has 0 saturated heterocycles. The molecule has 1 amide bonds. The quantitative estimate of drug-likeness (QED) is 0.650. The van der Waals surface area contributed by atoms with Gasteiger partial charge in [0.2, 0.25) is 0 Å². The highest BCUT2D eigenvalue weighted by molar-refractivity contribution is 6.32. The third-order valence-corrected chi connectivity index (χ3v) is 3.84. The number of ether oxygens (including phenoxy) is 3. The first-order valence-electron chi connectivity index (χ1n) is 8.30. The van der Waals surface area contributed by atoms with Gasteiger partial charge in [0.25, 0.3) is 5.91 Å². The van der Waals surface area contributed by atoms with Gasteiger partial charge in [-0.3, -0.25) is 4.79 Å². The van der Waals surface area contributed by atoms with Crippen molar-refractivity contribution in [2.45, 2.75) is 13.1 Å². The fourth-order valence-corrected chi connectivity index (χ4v) is 2.57. The predicted octanol–water partition coefficient (Wildman–Crippen LogP) is 4.56. The molecule has 1 N–H and O–H groups in total. The van der Waals surface area contributed by atoms with Gasteiger partial charge < -0.3 is 19.5 Å². The van der Waals surface area contributed by atoms with Crippen LogP contribution in [0.2, 0.25) is 5.02 Å². The number of alkyl halides is 3. The lowest BCUT2D eigenvalue weighted by Gasteiger charge is -2.13. The maximum absolute atomic E-state index is 12.7. The average molecular weight is 432 g/mol. The second kappa shape index (κ2) is 9.51. The Bertz CT molecular complexity index is 902. The largest absolute Gasteiger partial charge is 0.493 e. The first-order valence-corrected chi connectivity index (χ1v) is 8.68. The number of nitrogens with one attached hydrogen (secondary N) is 1. The molecule has 0 spiro atoms. The molecule has 0 saturated carbocycles. The number of carbonyl (C=O) groups excluding carboxylic acids is 2. The van der Waals surface area contributed by atoms with Crippen molar-refractivity contribution in [3.05, 3.63) is 52.5 Å². The van der Waals surface area contributed by atoms with E-state index in [2.05, 4.69) is 5.32 Å². The normalized spacial score (nSPS) is 11.0. The van der Waals surface area contributed by atoms with Gasteiger partial charge in [-0.25, -0.2) is 4.79 Å². The van der Waals surface area contributed by atoms with Gasteiger partial charge in [-0.15, -0.1) is 0 Å². The standard InChI is InChI=1S/C19H17ClF3NO5/c1-3-28-17-14(20)7-11(8-15(17)27-2)18(26)29-10-16(25)24-13-6-4-5-12(9-13)19(21,22)23/h4-9H,3,10H2,1-2H3,(H,24,25). The van der Waals surface area contributed by atoms with Crippen LogP contribution in [0.3, 0.4) is 0 Å². The van der Waals surface area contributed by atoms with Gasteiger partial charge in [-0.1, -0.05) is 17.7 Å². The lowest BCUT2D eigenvalue weighted by molar-refractivity contribution is -0.137. The summed E-state index contributed by atoms with van der Waals surface area (Å²) in [6, 6.07) is 6.71.